The van der Waals surface area contributed by atoms with Crippen molar-refractivity contribution in [3.05, 3.63) is 79.8 Å². The molecule has 1 saturated carbocycles. The summed E-state index contributed by atoms with van der Waals surface area (Å²) in [6.45, 7) is 2.54. The molecule has 2 aliphatic rings. The monoisotopic (exact) mass is 568 g/mol. The standard InChI is InChI=1S/C26H28N6O5S2/c1-26(7-8-26)28-39(36,37)21-11-20-23(34)31(15-17-12-27-30(3)13-17)25(35)32(24(20)38-21)14-16-4-5-18-6-9-29(2)22(33)19(18)10-16/h4-5,10-13,28H,6-9,14-15H2,1-3H3. The zero-order chi connectivity index (χ0) is 27.7. The van der Waals surface area contributed by atoms with Gasteiger partial charge in [0, 0.05) is 43.5 Å². The van der Waals surface area contributed by atoms with Crippen LogP contribution in [0.2, 0.25) is 0 Å². The number of hydrogen-bond acceptors (Lipinski definition) is 7. The van der Waals surface area contributed by atoms with E-state index in [9.17, 15) is 22.8 Å². The van der Waals surface area contributed by atoms with Gasteiger partial charge in [0.05, 0.1) is 24.7 Å². The van der Waals surface area contributed by atoms with E-state index in [1.807, 2.05) is 19.1 Å². The summed E-state index contributed by atoms with van der Waals surface area (Å²) in [7, 11) is -0.393. The number of amides is 1. The molecule has 0 saturated heterocycles. The Balaban J connectivity index is 1.50. The number of fused-ring (bicyclic) bond motifs is 2. The third-order valence-electron chi connectivity index (χ3n) is 7.43. The summed E-state index contributed by atoms with van der Waals surface area (Å²) in [6, 6.07) is 6.90. The summed E-state index contributed by atoms with van der Waals surface area (Å²) in [5.41, 5.74) is 1.29. The van der Waals surface area contributed by atoms with Gasteiger partial charge in [-0.3, -0.25) is 23.4 Å². The minimum atomic E-state index is -3.89. The van der Waals surface area contributed by atoms with Crippen LogP contribution in [0.25, 0.3) is 10.2 Å². The molecule has 0 spiro atoms. The molecule has 1 N–H and O–H groups in total. The summed E-state index contributed by atoms with van der Waals surface area (Å²) in [5, 5.41) is 4.28. The molecule has 0 bridgehead atoms. The average molecular weight is 569 g/mol. The Bertz CT molecular complexity index is 1880. The van der Waals surface area contributed by atoms with Gasteiger partial charge in [-0.25, -0.2) is 17.9 Å². The number of carbonyl (C=O) groups is 1. The highest BCUT2D eigenvalue weighted by molar-refractivity contribution is 7.91. The number of likely N-dealkylation sites (N-methyl/N-ethyl adjacent to an activating group) is 1. The van der Waals surface area contributed by atoms with Crippen LogP contribution in [0, 0.1) is 0 Å². The Morgan fingerprint density at radius 3 is 2.49 bits per heavy atom. The van der Waals surface area contributed by atoms with Crippen LogP contribution in [-0.2, 0) is 36.6 Å². The molecule has 4 aromatic rings. The van der Waals surface area contributed by atoms with E-state index in [0.29, 0.717) is 23.2 Å². The number of sulfonamides is 1. The molecule has 39 heavy (non-hydrogen) atoms. The Labute approximate surface area is 228 Å². The smallest absolute Gasteiger partial charge is 0.332 e. The Kier molecular flexibility index (Phi) is 5.93. The molecule has 0 radical (unpaired) electrons. The predicted molar refractivity (Wildman–Crippen MR) is 147 cm³/mol. The highest BCUT2D eigenvalue weighted by Gasteiger charge is 2.42. The fraction of sp³-hybridized carbons (Fsp3) is 0.385. The molecule has 6 rings (SSSR count). The van der Waals surface area contributed by atoms with Crippen molar-refractivity contribution in [2.24, 2.45) is 7.05 Å². The van der Waals surface area contributed by atoms with E-state index in [0.717, 1.165) is 40.7 Å². The minimum Gasteiger partial charge on any atom is -0.341 e. The Hall–Kier alpha value is -3.55. The van der Waals surface area contributed by atoms with Crippen molar-refractivity contribution in [3.63, 3.8) is 0 Å². The van der Waals surface area contributed by atoms with Crippen LogP contribution in [0.5, 0.6) is 0 Å². The first-order chi connectivity index (χ1) is 18.4. The van der Waals surface area contributed by atoms with Crippen LogP contribution >= 0.6 is 11.3 Å². The maximum atomic E-state index is 13.8. The van der Waals surface area contributed by atoms with Crippen molar-refractivity contribution in [3.8, 4) is 0 Å². The number of aryl methyl sites for hydroxylation is 1. The Morgan fingerprint density at radius 2 is 1.79 bits per heavy atom. The van der Waals surface area contributed by atoms with E-state index in [1.165, 1.54) is 10.6 Å². The SMILES string of the molecule is CN1CCc2ccc(Cn3c(=O)n(Cc4cnn(C)c4)c(=O)c4cc(S(=O)(=O)NC5(C)CC5)sc43)cc2C1=O. The maximum Gasteiger partial charge on any atom is 0.332 e. The largest absolute Gasteiger partial charge is 0.341 e. The zero-order valence-electron chi connectivity index (χ0n) is 21.8. The quantitative estimate of drug-likeness (QED) is 0.360. The molecule has 1 fully saturated rings. The van der Waals surface area contributed by atoms with Crippen molar-refractivity contribution in [1.82, 2.24) is 28.5 Å². The molecule has 0 unspecified atom stereocenters. The fourth-order valence-electron chi connectivity index (χ4n) is 4.91. The number of benzene rings is 1. The first-order valence-electron chi connectivity index (χ1n) is 12.6. The van der Waals surface area contributed by atoms with Gasteiger partial charge in [-0.1, -0.05) is 12.1 Å². The van der Waals surface area contributed by atoms with Gasteiger partial charge in [0.15, 0.2) is 0 Å². The molecule has 1 aliphatic carbocycles. The third-order valence-corrected chi connectivity index (χ3v) is 10.7. The average Bonchev–Trinajstić information content (AvgIpc) is 3.26. The lowest BCUT2D eigenvalue weighted by Crippen LogP contribution is -2.40. The van der Waals surface area contributed by atoms with E-state index < -0.39 is 26.8 Å². The normalized spacial score (nSPS) is 16.6. The highest BCUT2D eigenvalue weighted by atomic mass is 32.2. The van der Waals surface area contributed by atoms with Crippen LogP contribution < -0.4 is 16.0 Å². The van der Waals surface area contributed by atoms with Crippen molar-refractivity contribution < 1.29 is 13.2 Å². The molecule has 4 heterocycles. The highest BCUT2D eigenvalue weighted by Crippen LogP contribution is 2.37. The lowest BCUT2D eigenvalue weighted by Gasteiger charge is -2.25. The summed E-state index contributed by atoms with van der Waals surface area (Å²) < 4.78 is 33.2. The lowest BCUT2D eigenvalue weighted by molar-refractivity contribution is 0.0780. The number of aromatic nitrogens is 4. The topological polar surface area (TPSA) is 128 Å². The number of rotatable bonds is 7. The first kappa shape index (κ1) is 25.7. The molecular formula is C26H28N6O5S2. The van der Waals surface area contributed by atoms with E-state index in [1.54, 1.807) is 42.1 Å². The van der Waals surface area contributed by atoms with Crippen LogP contribution in [0.4, 0.5) is 0 Å². The summed E-state index contributed by atoms with van der Waals surface area (Å²) >= 11 is 0.903. The van der Waals surface area contributed by atoms with Crippen molar-refractivity contribution >= 4 is 37.5 Å². The molecule has 13 heteroatoms. The van der Waals surface area contributed by atoms with Gasteiger partial charge >= 0.3 is 5.69 Å². The number of nitrogens with one attached hydrogen (secondary N) is 1. The van der Waals surface area contributed by atoms with E-state index >= 15 is 0 Å². The summed E-state index contributed by atoms with van der Waals surface area (Å²) in [4.78, 5) is 42.0. The molecule has 1 aliphatic heterocycles. The van der Waals surface area contributed by atoms with Crippen LogP contribution in [0.1, 0.15) is 46.8 Å². The summed E-state index contributed by atoms with van der Waals surface area (Å²) in [5.74, 6) is -0.0821. The van der Waals surface area contributed by atoms with Crippen molar-refractivity contribution in [1.29, 1.82) is 0 Å². The minimum absolute atomic E-state index is 0.0107. The van der Waals surface area contributed by atoms with E-state index in [2.05, 4.69) is 9.82 Å². The van der Waals surface area contributed by atoms with Gasteiger partial charge < -0.3 is 4.90 Å². The first-order valence-corrected chi connectivity index (χ1v) is 14.9. The fourth-order valence-corrected chi connectivity index (χ4v) is 7.81. The van der Waals surface area contributed by atoms with Gasteiger partial charge in [0.2, 0.25) is 0 Å². The molecule has 3 aromatic heterocycles. The summed E-state index contributed by atoms with van der Waals surface area (Å²) in [6.07, 6.45) is 5.53. The molecule has 11 nitrogen and oxygen atoms in total. The third kappa shape index (κ3) is 4.64. The van der Waals surface area contributed by atoms with E-state index in [4.69, 9.17) is 0 Å². The Morgan fingerprint density at radius 1 is 1.05 bits per heavy atom. The van der Waals surface area contributed by atoms with E-state index in [-0.39, 0.29) is 33.4 Å². The van der Waals surface area contributed by atoms with Gasteiger partial charge in [-0.05, 0) is 49.4 Å². The molecule has 0 atom stereocenters. The second-order valence-corrected chi connectivity index (χ2v) is 13.6. The van der Waals surface area contributed by atoms with Crippen LogP contribution in [0.15, 0.2) is 50.5 Å². The van der Waals surface area contributed by atoms with Crippen LogP contribution in [-0.4, -0.2) is 57.3 Å². The van der Waals surface area contributed by atoms with Crippen molar-refractivity contribution in [2.45, 2.75) is 49.0 Å². The number of hydrogen-bond donors (Lipinski definition) is 1. The lowest BCUT2D eigenvalue weighted by atomic mass is 9.97. The molecular weight excluding hydrogens is 540 g/mol. The second-order valence-electron chi connectivity index (χ2n) is 10.7. The van der Waals surface area contributed by atoms with Gasteiger partial charge in [-0.2, -0.15) is 5.10 Å². The predicted octanol–water partition coefficient (Wildman–Crippen LogP) is 1.51. The molecule has 1 aromatic carbocycles. The van der Waals surface area contributed by atoms with Crippen molar-refractivity contribution in [2.75, 3.05) is 13.6 Å². The second kappa shape index (κ2) is 9.00. The zero-order valence-corrected chi connectivity index (χ0v) is 23.4. The maximum absolute atomic E-state index is 13.8. The molecule has 1 amide bonds. The number of nitrogens with zero attached hydrogens (tertiary/aromatic N) is 5. The number of carbonyl (C=O) groups excluding carboxylic acids is 1. The van der Waals surface area contributed by atoms with Gasteiger partial charge in [0.25, 0.3) is 21.5 Å². The van der Waals surface area contributed by atoms with Gasteiger partial charge in [0.1, 0.15) is 9.04 Å². The van der Waals surface area contributed by atoms with Crippen LogP contribution in [0.3, 0.4) is 0 Å². The number of thiophene rings is 1. The molecule has 204 valence electrons. The van der Waals surface area contributed by atoms with Gasteiger partial charge in [-0.15, -0.1) is 11.3 Å².